The van der Waals surface area contributed by atoms with Crippen molar-refractivity contribution in [1.29, 1.82) is 0 Å². The Hall–Kier alpha value is -2.66. The van der Waals surface area contributed by atoms with Crippen LogP contribution in [-0.2, 0) is 0 Å². The van der Waals surface area contributed by atoms with Crippen molar-refractivity contribution in [3.8, 4) is 21.7 Å². The summed E-state index contributed by atoms with van der Waals surface area (Å²) in [6.45, 7) is 2.94. The molecule has 1 aromatic heterocycles. The standard InChI is InChI=1S/C26H33N3OS/c1-2-3-4-5-6-7-8-15-20-27-25(30)29-26-28-23(21-16-11-9-12-17-21)24(31-26)22-18-13-10-14-19-22/h9-14,16-19H,2-8,15,20H2,1H3,(H2,27,28,29,30). The van der Waals surface area contributed by atoms with E-state index in [0.29, 0.717) is 11.7 Å². The monoisotopic (exact) mass is 435 g/mol. The van der Waals surface area contributed by atoms with Crippen molar-refractivity contribution in [2.75, 3.05) is 11.9 Å². The second-order valence-corrected chi connectivity index (χ2v) is 8.78. The molecule has 2 amide bonds. The largest absolute Gasteiger partial charge is 0.338 e. The fraction of sp³-hybridized carbons (Fsp3) is 0.385. The predicted molar refractivity (Wildman–Crippen MR) is 133 cm³/mol. The van der Waals surface area contributed by atoms with E-state index in [2.05, 4.69) is 29.7 Å². The maximum Gasteiger partial charge on any atom is 0.321 e. The minimum Gasteiger partial charge on any atom is -0.338 e. The van der Waals surface area contributed by atoms with Gasteiger partial charge in [-0.3, -0.25) is 5.32 Å². The zero-order valence-electron chi connectivity index (χ0n) is 18.4. The number of benzene rings is 2. The van der Waals surface area contributed by atoms with Crippen molar-refractivity contribution in [1.82, 2.24) is 10.3 Å². The zero-order chi connectivity index (χ0) is 21.7. The van der Waals surface area contributed by atoms with E-state index in [-0.39, 0.29) is 6.03 Å². The number of thiazole rings is 1. The van der Waals surface area contributed by atoms with Crippen LogP contribution >= 0.6 is 11.3 Å². The SMILES string of the molecule is CCCCCCCCCCNC(=O)Nc1nc(-c2ccccc2)c(-c2ccccc2)s1. The first-order valence-electron chi connectivity index (χ1n) is 11.4. The molecule has 0 atom stereocenters. The molecule has 4 nitrogen and oxygen atoms in total. The lowest BCUT2D eigenvalue weighted by Gasteiger charge is -2.05. The molecule has 0 aliphatic rings. The highest BCUT2D eigenvalue weighted by Gasteiger charge is 2.16. The summed E-state index contributed by atoms with van der Waals surface area (Å²) in [5, 5.41) is 6.51. The van der Waals surface area contributed by atoms with Crippen LogP contribution in [0.15, 0.2) is 60.7 Å². The van der Waals surface area contributed by atoms with Gasteiger partial charge in [0.05, 0.1) is 10.6 Å². The van der Waals surface area contributed by atoms with Crippen molar-refractivity contribution in [3.05, 3.63) is 60.7 Å². The Bertz CT molecular complexity index is 852. The van der Waals surface area contributed by atoms with E-state index >= 15 is 0 Å². The number of rotatable bonds is 12. The minimum absolute atomic E-state index is 0.184. The summed E-state index contributed by atoms with van der Waals surface area (Å²) in [4.78, 5) is 18.2. The summed E-state index contributed by atoms with van der Waals surface area (Å²) in [6, 6.07) is 20.1. The molecule has 0 spiro atoms. The molecule has 0 aliphatic carbocycles. The summed E-state index contributed by atoms with van der Waals surface area (Å²) < 4.78 is 0. The van der Waals surface area contributed by atoms with Crippen molar-refractivity contribution in [3.63, 3.8) is 0 Å². The molecule has 0 saturated heterocycles. The topological polar surface area (TPSA) is 54.0 Å². The Morgan fingerprint density at radius 1 is 0.806 bits per heavy atom. The van der Waals surface area contributed by atoms with Gasteiger partial charge in [0, 0.05) is 12.1 Å². The lowest BCUT2D eigenvalue weighted by Crippen LogP contribution is -2.29. The summed E-state index contributed by atoms with van der Waals surface area (Å²) >= 11 is 1.51. The first kappa shape index (κ1) is 23.0. The number of anilines is 1. The average Bonchev–Trinajstić information content (AvgIpc) is 3.23. The fourth-order valence-electron chi connectivity index (χ4n) is 3.55. The van der Waals surface area contributed by atoms with E-state index in [4.69, 9.17) is 4.98 Å². The van der Waals surface area contributed by atoms with Gasteiger partial charge < -0.3 is 5.32 Å². The van der Waals surface area contributed by atoms with Crippen molar-refractivity contribution in [2.45, 2.75) is 58.3 Å². The molecule has 0 aliphatic heterocycles. The molecule has 2 N–H and O–H groups in total. The van der Waals surface area contributed by atoms with Gasteiger partial charge in [0.25, 0.3) is 0 Å². The number of carbonyl (C=O) groups is 1. The number of carbonyl (C=O) groups excluding carboxylic acids is 1. The molecule has 2 aromatic carbocycles. The maximum absolute atomic E-state index is 12.4. The highest BCUT2D eigenvalue weighted by atomic mass is 32.1. The molecule has 164 valence electrons. The van der Waals surface area contributed by atoms with E-state index in [1.54, 1.807) is 0 Å². The Labute approximate surface area is 190 Å². The second kappa shape index (κ2) is 12.9. The first-order valence-corrected chi connectivity index (χ1v) is 12.3. The third-order valence-electron chi connectivity index (χ3n) is 5.25. The molecule has 3 aromatic rings. The van der Waals surface area contributed by atoms with Crippen LogP contribution in [0.25, 0.3) is 21.7 Å². The van der Waals surface area contributed by atoms with E-state index < -0.39 is 0 Å². The van der Waals surface area contributed by atoms with Crippen molar-refractivity contribution in [2.24, 2.45) is 0 Å². The van der Waals surface area contributed by atoms with Crippen LogP contribution in [0.4, 0.5) is 9.93 Å². The number of nitrogens with zero attached hydrogens (tertiary/aromatic N) is 1. The van der Waals surface area contributed by atoms with Crippen molar-refractivity contribution < 1.29 is 4.79 Å². The predicted octanol–water partition coefficient (Wildman–Crippen LogP) is 7.74. The maximum atomic E-state index is 12.4. The van der Waals surface area contributed by atoms with Gasteiger partial charge >= 0.3 is 6.03 Å². The molecule has 0 bridgehead atoms. The van der Waals surface area contributed by atoms with Crippen molar-refractivity contribution >= 4 is 22.5 Å². The van der Waals surface area contributed by atoms with Gasteiger partial charge in [0.2, 0.25) is 0 Å². The molecular formula is C26H33N3OS. The molecule has 1 heterocycles. The summed E-state index contributed by atoms with van der Waals surface area (Å²) in [7, 11) is 0. The summed E-state index contributed by atoms with van der Waals surface area (Å²) in [6.07, 6.45) is 10.0. The van der Waals surface area contributed by atoms with E-state index in [0.717, 1.165) is 28.1 Å². The normalized spacial score (nSPS) is 10.7. The zero-order valence-corrected chi connectivity index (χ0v) is 19.2. The number of hydrogen-bond acceptors (Lipinski definition) is 3. The summed E-state index contributed by atoms with van der Waals surface area (Å²) in [5.41, 5.74) is 3.05. The Kier molecular flexibility index (Phi) is 9.58. The Morgan fingerprint density at radius 3 is 2.03 bits per heavy atom. The van der Waals surface area contributed by atoms with Crippen LogP contribution in [0, 0.1) is 0 Å². The van der Waals surface area contributed by atoms with Gasteiger partial charge in [-0.25, -0.2) is 9.78 Å². The molecule has 0 saturated carbocycles. The summed E-state index contributed by atoms with van der Waals surface area (Å²) in [5.74, 6) is 0. The third-order valence-corrected chi connectivity index (χ3v) is 6.27. The highest BCUT2D eigenvalue weighted by Crippen LogP contribution is 2.38. The van der Waals surface area contributed by atoms with Crippen LogP contribution in [0.3, 0.4) is 0 Å². The van der Waals surface area contributed by atoms with E-state index in [9.17, 15) is 4.79 Å². The third kappa shape index (κ3) is 7.51. The number of urea groups is 1. The number of hydrogen-bond donors (Lipinski definition) is 2. The molecule has 0 unspecified atom stereocenters. The van der Waals surface area contributed by atoms with E-state index in [1.165, 1.54) is 56.3 Å². The highest BCUT2D eigenvalue weighted by molar-refractivity contribution is 7.19. The molecule has 0 fully saturated rings. The van der Waals surface area contributed by atoms with Gasteiger partial charge in [-0.1, -0.05) is 124 Å². The van der Waals surface area contributed by atoms with Gasteiger partial charge in [-0.15, -0.1) is 0 Å². The van der Waals surface area contributed by atoms with Gasteiger partial charge in [0.1, 0.15) is 0 Å². The second-order valence-electron chi connectivity index (χ2n) is 7.78. The lowest BCUT2D eigenvalue weighted by molar-refractivity contribution is 0.252. The van der Waals surface area contributed by atoms with Crippen LogP contribution in [0.5, 0.6) is 0 Å². The lowest BCUT2D eigenvalue weighted by atomic mass is 10.1. The van der Waals surface area contributed by atoms with Crippen LogP contribution in [0.1, 0.15) is 58.3 Å². The molecular weight excluding hydrogens is 402 g/mol. The Morgan fingerprint density at radius 2 is 1.39 bits per heavy atom. The smallest absolute Gasteiger partial charge is 0.321 e. The van der Waals surface area contributed by atoms with Gasteiger partial charge in [0.15, 0.2) is 5.13 Å². The Balaban J connectivity index is 1.52. The van der Waals surface area contributed by atoms with Crippen LogP contribution < -0.4 is 10.6 Å². The number of nitrogens with one attached hydrogen (secondary N) is 2. The molecule has 0 radical (unpaired) electrons. The fourth-order valence-corrected chi connectivity index (χ4v) is 4.54. The van der Waals surface area contributed by atoms with Gasteiger partial charge in [-0.05, 0) is 12.0 Å². The quantitative estimate of drug-likeness (QED) is 0.286. The minimum atomic E-state index is -0.184. The number of aromatic nitrogens is 1. The number of unbranched alkanes of at least 4 members (excludes halogenated alkanes) is 7. The number of amides is 2. The first-order chi connectivity index (χ1) is 15.3. The molecule has 3 rings (SSSR count). The van der Waals surface area contributed by atoms with E-state index in [1.807, 2.05) is 48.5 Å². The van der Waals surface area contributed by atoms with Crippen LogP contribution in [0.2, 0.25) is 0 Å². The van der Waals surface area contributed by atoms with Crippen LogP contribution in [-0.4, -0.2) is 17.6 Å². The van der Waals surface area contributed by atoms with Gasteiger partial charge in [-0.2, -0.15) is 0 Å². The molecule has 31 heavy (non-hydrogen) atoms. The average molecular weight is 436 g/mol. The molecule has 5 heteroatoms.